The van der Waals surface area contributed by atoms with Gasteiger partial charge in [-0.3, -0.25) is 0 Å². The molecule has 0 saturated carbocycles. The van der Waals surface area contributed by atoms with Crippen LogP contribution in [0.15, 0.2) is 60.7 Å². The Kier molecular flexibility index (Phi) is 21.0. The highest BCUT2D eigenvalue weighted by Crippen LogP contribution is 2.21. The van der Waals surface area contributed by atoms with Gasteiger partial charge < -0.3 is 25.3 Å². The maximum absolute atomic E-state index is 12.0. The third-order valence-electron chi connectivity index (χ3n) is 5.65. The third kappa shape index (κ3) is 19.9. The maximum atomic E-state index is 12.0. The van der Waals surface area contributed by atoms with Crippen molar-refractivity contribution in [2.24, 2.45) is 16.6 Å². The van der Waals surface area contributed by atoms with E-state index in [-0.39, 0.29) is 50.2 Å². The Bertz CT molecular complexity index is 889. The maximum Gasteiger partial charge on any atom is 0.407 e. The second kappa shape index (κ2) is 19.9. The number of benzene rings is 2. The summed E-state index contributed by atoms with van der Waals surface area (Å²) in [6, 6.07) is 20.1. The third-order valence-corrected chi connectivity index (χ3v) is 5.65. The molecule has 0 aliphatic rings. The van der Waals surface area contributed by atoms with Gasteiger partial charge in [0, 0.05) is 6.04 Å². The van der Waals surface area contributed by atoms with Crippen LogP contribution in [0.2, 0.25) is 0 Å². The van der Waals surface area contributed by atoms with Gasteiger partial charge in [0.1, 0.15) is 5.60 Å². The molecule has 6 nitrogen and oxygen atoms in total. The molecular formula is C33H59ClN2O4. The number of rotatable bonds is 9. The van der Waals surface area contributed by atoms with Crippen LogP contribution in [0.3, 0.4) is 0 Å². The zero-order chi connectivity index (χ0) is 28.1. The summed E-state index contributed by atoms with van der Waals surface area (Å²) in [5.41, 5.74) is 7.79. The van der Waals surface area contributed by atoms with Gasteiger partial charge in [0.15, 0.2) is 0 Å². The second-order valence-corrected chi connectivity index (χ2v) is 12.5. The fourth-order valence-electron chi connectivity index (χ4n) is 2.95. The van der Waals surface area contributed by atoms with Gasteiger partial charge in [0.2, 0.25) is 0 Å². The Morgan fingerprint density at radius 1 is 0.725 bits per heavy atom. The first-order valence-corrected chi connectivity index (χ1v) is 13.1. The van der Waals surface area contributed by atoms with E-state index in [1.165, 1.54) is 5.56 Å². The van der Waals surface area contributed by atoms with E-state index in [0.29, 0.717) is 26.4 Å². The van der Waals surface area contributed by atoms with Crippen LogP contribution in [0.4, 0.5) is 4.79 Å². The lowest BCUT2D eigenvalue weighted by Gasteiger charge is -2.32. The zero-order valence-corrected chi connectivity index (χ0v) is 25.7. The van der Waals surface area contributed by atoms with Crippen LogP contribution in [-0.2, 0) is 27.4 Å². The van der Waals surface area contributed by atoms with Crippen LogP contribution in [0.25, 0.3) is 0 Å². The molecule has 0 radical (unpaired) electrons. The Labute approximate surface area is 252 Å². The van der Waals surface area contributed by atoms with Crippen molar-refractivity contribution < 1.29 is 19.0 Å². The van der Waals surface area contributed by atoms with Crippen molar-refractivity contribution in [1.29, 1.82) is 0 Å². The number of amides is 1. The minimum Gasteiger partial charge on any atom is -0.444 e. The summed E-state index contributed by atoms with van der Waals surface area (Å²) < 4.78 is 16.7. The fraction of sp³-hybridized carbons (Fsp3) is 0.606. The van der Waals surface area contributed by atoms with Gasteiger partial charge in [-0.1, -0.05) is 117 Å². The number of nitrogens with two attached hydrogens (primary N) is 1. The molecule has 2 aromatic carbocycles. The Morgan fingerprint density at radius 2 is 1.12 bits per heavy atom. The quantitative estimate of drug-likeness (QED) is 0.310. The van der Waals surface area contributed by atoms with Gasteiger partial charge in [-0.2, -0.15) is 0 Å². The lowest BCUT2D eigenvalue weighted by molar-refractivity contribution is 0.0302. The molecule has 0 bridgehead atoms. The molecule has 0 aromatic heterocycles. The van der Waals surface area contributed by atoms with E-state index >= 15 is 0 Å². The molecule has 0 fully saturated rings. The summed E-state index contributed by atoms with van der Waals surface area (Å²) in [6.45, 7) is 20.4. The van der Waals surface area contributed by atoms with E-state index in [2.05, 4.69) is 59.0 Å². The largest absolute Gasteiger partial charge is 0.444 e. The molecule has 0 saturated heterocycles. The van der Waals surface area contributed by atoms with Crippen LogP contribution < -0.4 is 11.1 Å². The van der Waals surface area contributed by atoms with Crippen LogP contribution in [0, 0.1) is 10.8 Å². The molecule has 40 heavy (non-hydrogen) atoms. The standard InChI is InChI=1S/C18H29NO3.C13H21NO.2CH4.ClH/c1-17(2,3)15(19-16(20)22-18(4,5)6)13-21-12-14-10-8-7-9-11-14;1-13(2,3)12(14)10-15-9-11-7-5-4-6-8-11;;;/h7-11,15H,12-13H2,1-6H3,(H,19,20);4-8,12H,9-10,14H2,1-3H3;2*1H4;1H/t15-;12-;;;/m11.../s1. The van der Waals surface area contributed by atoms with Crippen molar-refractivity contribution in [3.05, 3.63) is 71.8 Å². The van der Waals surface area contributed by atoms with E-state index in [0.717, 1.165) is 5.56 Å². The molecule has 3 N–H and O–H groups in total. The summed E-state index contributed by atoms with van der Waals surface area (Å²) in [5, 5.41) is 2.91. The fourth-order valence-corrected chi connectivity index (χ4v) is 2.95. The van der Waals surface area contributed by atoms with Crippen molar-refractivity contribution in [2.45, 2.75) is 108 Å². The number of ether oxygens (including phenoxy) is 3. The molecule has 2 aromatic rings. The van der Waals surface area contributed by atoms with Crippen LogP contribution in [0.1, 0.15) is 88.3 Å². The summed E-state index contributed by atoms with van der Waals surface area (Å²) in [5.74, 6) is 0. The van der Waals surface area contributed by atoms with Gasteiger partial charge >= 0.3 is 6.09 Å². The molecule has 2 atom stereocenters. The molecule has 232 valence electrons. The van der Waals surface area contributed by atoms with E-state index in [4.69, 9.17) is 19.9 Å². The van der Waals surface area contributed by atoms with Crippen molar-refractivity contribution in [2.75, 3.05) is 13.2 Å². The first-order chi connectivity index (χ1) is 17.1. The lowest BCUT2D eigenvalue weighted by Crippen LogP contribution is -2.48. The Morgan fingerprint density at radius 3 is 1.48 bits per heavy atom. The summed E-state index contributed by atoms with van der Waals surface area (Å²) >= 11 is 0. The second-order valence-electron chi connectivity index (χ2n) is 12.5. The normalized spacial score (nSPS) is 12.7. The SMILES string of the molecule is C.C.CC(C)(C)OC(=O)N[C@H](COCc1ccccc1)C(C)(C)C.CC(C)(C)[C@H](N)COCc1ccccc1.Cl. The molecule has 0 heterocycles. The van der Waals surface area contributed by atoms with E-state index in [1.807, 2.05) is 69.3 Å². The topological polar surface area (TPSA) is 82.8 Å². The van der Waals surface area contributed by atoms with E-state index in [9.17, 15) is 4.79 Å². The zero-order valence-electron chi connectivity index (χ0n) is 24.9. The summed E-state index contributed by atoms with van der Waals surface area (Å²) in [6.07, 6.45) is -0.407. The Hall–Kier alpha value is -2.12. The molecule has 2 rings (SSSR count). The lowest BCUT2D eigenvalue weighted by atomic mass is 9.87. The number of carbonyl (C=O) groups excluding carboxylic acids is 1. The minimum atomic E-state index is -0.503. The molecule has 0 unspecified atom stereocenters. The van der Waals surface area contributed by atoms with E-state index < -0.39 is 11.7 Å². The number of carbonyl (C=O) groups is 1. The number of hydrogen-bond donors (Lipinski definition) is 2. The number of hydrogen-bond acceptors (Lipinski definition) is 5. The highest BCUT2D eigenvalue weighted by atomic mass is 35.5. The first-order valence-electron chi connectivity index (χ1n) is 13.1. The number of nitrogens with one attached hydrogen (secondary N) is 1. The van der Waals surface area contributed by atoms with Crippen molar-refractivity contribution in [3.8, 4) is 0 Å². The van der Waals surface area contributed by atoms with Crippen LogP contribution in [-0.4, -0.2) is 37.0 Å². The van der Waals surface area contributed by atoms with Gasteiger partial charge in [-0.05, 0) is 42.7 Å². The predicted molar refractivity (Wildman–Crippen MR) is 173 cm³/mol. The molecule has 1 amide bonds. The highest BCUT2D eigenvalue weighted by Gasteiger charge is 2.28. The minimum absolute atomic E-state index is 0. The number of alkyl carbamates (subject to hydrolysis) is 1. The van der Waals surface area contributed by atoms with Gasteiger partial charge in [0.25, 0.3) is 0 Å². The van der Waals surface area contributed by atoms with Gasteiger partial charge in [-0.25, -0.2) is 4.79 Å². The highest BCUT2D eigenvalue weighted by molar-refractivity contribution is 5.85. The van der Waals surface area contributed by atoms with Crippen LogP contribution >= 0.6 is 12.4 Å². The monoisotopic (exact) mass is 582 g/mol. The molecule has 0 spiro atoms. The molecule has 7 heteroatoms. The predicted octanol–water partition coefficient (Wildman–Crippen LogP) is 8.41. The van der Waals surface area contributed by atoms with Gasteiger partial charge in [-0.15, -0.1) is 12.4 Å². The average Bonchev–Trinajstić information content (AvgIpc) is 2.78. The summed E-state index contributed by atoms with van der Waals surface area (Å²) in [7, 11) is 0. The first kappa shape index (κ1) is 42.3. The van der Waals surface area contributed by atoms with Crippen LogP contribution in [0.5, 0.6) is 0 Å². The number of halogens is 1. The smallest absolute Gasteiger partial charge is 0.407 e. The van der Waals surface area contributed by atoms with Crippen molar-refractivity contribution in [1.82, 2.24) is 5.32 Å². The van der Waals surface area contributed by atoms with Crippen molar-refractivity contribution in [3.63, 3.8) is 0 Å². The summed E-state index contributed by atoms with van der Waals surface area (Å²) in [4.78, 5) is 12.0. The van der Waals surface area contributed by atoms with E-state index in [1.54, 1.807) is 0 Å². The Balaban J connectivity index is -0.000000674. The molecule has 0 aliphatic heterocycles. The van der Waals surface area contributed by atoms with Gasteiger partial charge in [0.05, 0.1) is 32.5 Å². The average molecular weight is 583 g/mol. The van der Waals surface area contributed by atoms with Crippen molar-refractivity contribution >= 4 is 18.5 Å². The molecular weight excluding hydrogens is 524 g/mol. The molecule has 0 aliphatic carbocycles.